The second-order valence-electron chi connectivity index (χ2n) is 8.70. The molecule has 5 heteroatoms. The number of pyridine rings is 1. The van der Waals surface area contributed by atoms with E-state index in [0.29, 0.717) is 11.8 Å². The molecule has 150 valence electrons. The summed E-state index contributed by atoms with van der Waals surface area (Å²) in [5, 5.41) is 9.19. The van der Waals surface area contributed by atoms with Gasteiger partial charge in [0.25, 0.3) is 0 Å². The molecule has 0 saturated heterocycles. The van der Waals surface area contributed by atoms with E-state index in [1.807, 2.05) is 24.7 Å². The van der Waals surface area contributed by atoms with Crippen LogP contribution in [0.5, 0.6) is 0 Å². The van der Waals surface area contributed by atoms with Crippen LogP contribution < -0.4 is 0 Å². The van der Waals surface area contributed by atoms with Gasteiger partial charge in [-0.25, -0.2) is 0 Å². The van der Waals surface area contributed by atoms with Gasteiger partial charge in [0.15, 0.2) is 0 Å². The van der Waals surface area contributed by atoms with E-state index >= 15 is 0 Å². The van der Waals surface area contributed by atoms with Gasteiger partial charge in [0.1, 0.15) is 5.76 Å². The first-order valence-corrected chi connectivity index (χ1v) is 10.7. The molecular weight excluding hydrogens is 372 g/mol. The Morgan fingerprint density at radius 2 is 1.97 bits per heavy atom. The van der Waals surface area contributed by atoms with Crippen molar-refractivity contribution in [2.24, 2.45) is 13.0 Å². The fourth-order valence-corrected chi connectivity index (χ4v) is 6.16. The fraction of sp³-hybridized carbons (Fsp3) is 0.320. The summed E-state index contributed by atoms with van der Waals surface area (Å²) in [5.74, 6) is 1.80. The number of rotatable bonds is 2. The topological polar surface area (TPSA) is 56.7 Å². The third-order valence-electron chi connectivity index (χ3n) is 7.29. The lowest BCUT2D eigenvalue weighted by atomic mass is 9.53. The number of aromatic nitrogens is 4. The molecule has 30 heavy (non-hydrogen) atoms. The van der Waals surface area contributed by atoms with Crippen LogP contribution in [-0.4, -0.2) is 19.9 Å². The quantitative estimate of drug-likeness (QED) is 0.494. The van der Waals surface area contributed by atoms with Gasteiger partial charge in [-0.05, 0) is 42.9 Å². The summed E-state index contributed by atoms with van der Waals surface area (Å²) < 4.78 is 7.84. The zero-order valence-corrected chi connectivity index (χ0v) is 17.2. The zero-order chi connectivity index (χ0) is 20.3. The molecule has 0 unspecified atom stereocenters. The number of aryl methyl sites for hydroxylation is 1. The van der Waals surface area contributed by atoms with Crippen molar-refractivity contribution in [3.05, 3.63) is 89.2 Å². The van der Waals surface area contributed by atoms with Crippen molar-refractivity contribution in [2.45, 2.75) is 37.5 Å². The van der Waals surface area contributed by atoms with Gasteiger partial charge in [0.2, 0.25) is 0 Å². The molecule has 0 amide bonds. The standard InChI is InChI=1S/C25H24N4O/c1-16-21-11-10-20-22(17-7-6-12-26-14-17)28-29(2)24(20)25(21,19-8-4-3-5-9-19)13-18-15-27-30-23(16)18/h3-9,12,14-16,21H,10-11,13H2,1-2H3/t16-,21-,25+/m0/s1. The molecule has 0 spiro atoms. The molecule has 4 aromatic rings. The minimum atomic E-state index is -0.144. The molecular formula is C25H24N4O. The van der Waals surface area contributed by atoms with Crippen LogP contribution in [0.1, 0.15) is 47.4 Å². The van der Waals surface area contributed by atoms with Crippen LogP contribution in [0.15, 0.2) is 65.6 Å². The molecule has 0 bridgehead atoms. The van der Waals surface area contributed by atoms with Crippen LogP contribution in [-0.2, 0) is 25.3 Å². The first-order valence-electron chi connectivity index (χ1n) is 10.7. The predicted molar refractivity (Wildman–Crippen MR) is 114 cm³/mol. The molecule has 0 N–H and O–H groups in total. The number of hydrogen-bond acceptors (Lipinski definition) is 4. The van der Waals surface area contributed by atoms with Crippen LogP contribution in [0.25, 0.3) is 11.3 Å². The van der Waals surface area contributed by atoms with Gasteiger partial charge in [-0.1, -0.05) is 42.4 Å². The Balaban J connectivity index is 1.65. The second kappa shape index (κ2) is 6.39. The van der Waals surface area contributed by atoms with Gasteiger partial charge in [-0.3, -0.25) is 9.67 Å². The van der Waals surface area contributed by atoms with Crippen molar-refractivity contribution in [1.29, 1.82) is 0 Å². The van der Waals surface area contributed by atoms with Crippen molar-refractivity contribution in [3.63, 3.8) is 0 Å². The number of benzene rings is 1. The van der Waals surface area contributed by atoms with Crippen LogP contribution in [0.4, 0.5) is 0 Å². The van der Waals surface area contributed by atoms with E-state index in [0.717, 1.165) is 36.3 Å². The Morgan fingerprint density at radius 3 is 2.77 bits per heavy atom. The Morgan fingerprint density at radius 1 is 1.10 bits per heavy atom. The maximum absolute atomic E-state index is 5.71. The average molecular weight is 396 g/mol. The number of fused-ring (bicyclic) bond motifs is 4. The Bertz CT molecular complexity index is 1210. The highest BCUT2D eigenvalue weighted by Crippen LogP contribution is 2.57. The first-order chi connectivity index (χ1) is 14.7. The van der Waals surface area contributed by atoms with E-state index < -0.39 is 0 Å². The maximum atomic E-state index is 5.71. The molecule has 3 atom stereocenters. The van der Waals surface area contributed by atoms with E-state index in [2.05, 4.69) is 65.2 Å². The van der Waals surface area contributed by atoms with E-state index in [9.17, 15) is 0 Å². The summed E-state index contributed by atoms with van der Waals surface area (Å²) in [6.07, 6.45) is 8.66. The van der Waals surface area contributed by atoms with Crippen molar-refractivity contribution in [1.82, 2.24) is 19.9 Å². The van der Waals surface area contributed by atoms with Crippen molar-refractivity contribution < 1.29 is 4.52 Å². The third kappa shape index (κ3) is 2.26. The lowest BCUT2D eigenvalue weighted by Crippen LogP contribution is -2.48. The summed E-state index contributed by atoms with van der Waals surface area (Å²) in [7, 11) is 2.10. The van der Waals surface area contributed by atoms with Gasteiger partial charge < -0.3 is 4.52 Å². The van der Waals surface area contributed by atoms with Gasteiger partial charge in [0.05, 0.1) is 17.6 Å². The Kier molecular flexibility index (Phi) is 3.76. The van der Waals surface area contributed by atoms with Gasteiger partial charge in [-0.2, -0.15) is 5.10 Å². The van der Waals surface area contributed by atoms with Crippen molar-refractivity contribution >= 4 is 0 Å². The molecule has 3 heterocycles. The SMILES string of the molecule is C[C@@H]1c2oncc2C[C@]2(c3ccccc3)c3c(c(-c4cccnc4)nn3C)CC[C@@H]12. The zero-order valence-electron chi connectivity index (χ0n) is 17.2. The summed E-state index contributed by atoms with van der Waals surface area (Å²) in [6, 6.07) is 15.1. The van der Waals surface area contributed by atoms with Crippen LogP contribution >= 0.6 is 0 Å². The molecule has 0 saturated carbocycles. The normalized spacial score (nSPS) is 24.7. The van der Waals surface area contributed by atoms with Crippen molar-refractivity contribution in [3.8, 4) is 11.3 Å². The lowest BCUT2D eigenvalue weighted by Gasteiger charge is -2.49. The van der Waals surface area contributed by atoms with E-state index in [1.165, 1.54) is 22.4 Å². The monoisotopic (exact) mass is 396 g/mol. The average Bonchev–Trinajstić information content (AvgIpc) is 3.40. The fourth-order valence-electron chi connectivity index (χ4n) is 6.16. The third-order valence-corrected chi connectivity index (χ3v) is 7.29. The molecule has 0 radical (unpaired) electrons. The highest BCUT2D eigenvalue weighted by Gasteiger charge is 2.54. The van der Waals surface area contributed by atoms with E-state index in [4.69, 9.17) is 9.62 Å². The highest BCUT2D eigenvalue weighted by molar-refractivity contribution is 5.66. The van der Waals surface area contributed by atoms with Crippen LogP contribution in [0.2, 0.25) is 0 Å². The summed E-state index contributed by atoms with van der Waals surface area (Å²) >= 11 is 0. The summed E-state index contributed by atoms with van der Waals surface area (Å²) in [6.45, 7) is 2.30. The highest BCUT2D eigenvalue weighted by atomic mass is 16.5. The minimum Gasteiger partial charge on any atom is -0.361 e. The smallest absolute Gasteiger partial charge is 0.143 e. The summed E-state index contributed by atoms with van der Waals surface area (Å²) in [5.41, 5.74) is 7.29. The predicted octanol–water partition coefficient (Wildman–Crippen LogP) is 4.68. The second-order valence-corrected chi connectivity index (χ2v) is 8.70. The molecule has 0 aliphatic heterocycles. The van der Waals surface area contributed by atoms with Crippen LogP contribution in [0, 0.1) is 5.92 Å². The van der Waals surface area contributed by atoms with E-state index in [-0.39, 0.29) is 5.41 Å². The molecule has 2 aliphatic carbocycles. The number of nitrogens with zero attached hydrogens (tertiary/aromatic N) is 4. The lowest BCUT2D eigenvalue weighted by molar-refractivity contribution is 0.185. The Labute approximate surface area is 175 Å². The largest absolute Gasteiger partial charge is 0.361 e. The molecule has 1 aromatic carbocycles. The molecule has 0 fully saturated rings. The van der Waals surface area contributed by atoms with Gasteiger partial charge in [-0.15, -0.1) is 0 Å². The molecule has 3 aromatic heterocycles. The Hall–Kier alpha value is -3.21. The number of hydrogen-bond donors (Lipinski definition) is 0. The molecule has 6 rings (SSSR count). The van der Waals surface area contributed by atoms with E-state index in [1.54, 1.807) is 0 Å². The molecule has 5 nitrogen and oxygen atoms in total. The minimum absolute atomic E-state index is 0.144. The first kappa shape index (κ1) is 17.6. The van der Waals surface area contributed by atoms with Gasteiger partial charge in [0, 0.05) is 47.5 Å². The molecule has 2 aliphatic rings. The van der Waals surface area contributed by atoms with Gasteiger partial charge >= 0.3 is 0 Å². The van der Waals surface area contributed by atoms with Crippen molar-refractivity contribution in [2.75, 3.05) is 0 Å². The van der Waals surface area contributed by atoms with Crippen LogP contribution in [0.3, 0.4) is 0 Å². The maximum Gasteiger partial charge on any atom is 0.143 e. The summed E-state index contributed by atoms with van der Waals surface area (Å²) in [4.78, 5) is 4.34.